The van der Waals surface area contributed by atoms with E-state index in [1.165, 1.54) is 4.90 Å². The van der Waals surface area contributed by atoms with Gasteiger partial charge in [0, 0.05) is 25.2 Å². The monoisotopic (exact) mass is 254 g/mol. The van der Waals surface area contributed by atoms with E-state index in [4.69, 9.17) is 0 Å². The van der Waals surface area contributed by atoms with Gasteiger partial charge in [-0.1, -0.05) is 0 Å². The molecule has 1 atom stereocenters. The maximum absolute atomic E-state index is 13.0. The lowest BCUT2D eigenvalue weighted by molar-refractivity contribution is -0.146. The lowest BCUT2D eigenvalue weighted by atomic mass is 9.93. The van der Waals surface area contributed by atoms with Crippen LogP contribution < -0.4 is 5.32 Å². The van der Waals surface area contributed by atoms with E-state index in [1.807, 2.05) is 6.92 Å². The number of rotatable bonds is 4. The highest BCUT2D eigenvalue weighted by molar-refractivity contribution is 5.02. The van der Waals surface area contributed by atoms with Crippen LogP contribution in [0.1, 0.15) is 19.8 Å². The van der Waals surface area contributed by atoms with Crippen molar-refractivity contribution in [2.75, 3.05) is 26.2 Å². The molecule has 2 rings (SSSR count). The van der Waals surface area contributed by atoms with E-state index in [2.05, 4.69) is 5.32 Å². The van der Waals surface area contributed by atoms with Gasteiger partial charge in [0.05, 0.1) is 6.54 Å². The Morgan fingerprint density at radius 2 is 2.06 bits per heavy atom. The Bertz CT molecular complexity index is 279. The molecular weight excluding hydrogens is 236 g/mol. The lowest BCUT2D eigenvalue weighted by Gasteiger charge is -2.42. The van der Waals surface area contributed by atoms with Gasteiger partial charge in [0.25, 0.3) is 0 Å². The first-order chi connectivity index (χ1) is 7.83. The number of hydrogen-bond acceptors (Lipinski definition) is 2. The molecule has 0 spiro atoms. The first-order valence-electron chi connectivity index (χ1n) is 5.97. The molecule has 0 aromatic carbocycles. The van der Waals surface area contributed by atoms with E-state index in [1.54, 1.807) is 0 Å². The third kappa shape index (κ3) is 2.91. The fourth-order valence-corrected chi connectivity index (χ4v) is 2.60. The third-order valence-corrected chi connectivity index (χ3v) is 3.74. The van der Waals surface area contributed by atoms with Gasteiger partial charge < -0.3 is 5.32 Å². The summed E-state index contributed by atoms with van der Waals surface area (Å²) >= 11 is 0. The first-order valence-corrected chi connectivity index (χ1v) is 5.97. The summed E-state index contributed by atoms with van der Waals surface area (Å²) in [7, 11) is 0. The van der Waals surface area contributed by atoms with Crippen LogP contribution >= 0.6 is 0 Å². The molecule has 1 unspecified atom stereocenters. The van der Waals surface area contributed by atoms with E-state index in [0.717, 1.165) is 12.8 Å². The first kappa shape index (κ1) is 13.1. The third-order valence-electron chi connectivity index (χ3n) is 3.74. The molecule has 1 heterocycles. The number of alkyl halides is 4. The normalized spacial score (nSPS) is 32.1. The summed E-state index contributed by atoms with van der Waals surface area (Å²) in [5.41, 5.74) is -0.184. The smallest absolute Gasteiger partial charge is 0.309 e. The quantitative estimate of drug-likeness (QED) is 0.772. The molecule has 1 aliphatic carbocycles. The summed E-state index contributed by atoms with van der Waals surface area (Å²) in [6.45, 7) is 2.59. The van der Waals surface area contributed by atoms with Crippen molar-refractivity contribution in [3.63, 3.8) is 0 Å². The van der Waals surface area contributed by atoms with Crippen LogP contribution in [-0.4, -0.2) is 49.0 Å². The van der Waals surface area contributed by atoms with Gasteiger partial charge in [-0.25, -0.2) is 8.78 Å². The number of halogens is 4. The molecule has 0 amide bonds. The van der Waals surface area contributed by atoms with Crippen molar-refractivity contribution in [2.24, 2.45) is 5.92 Å². The van der Waals surface area contributed by atoms with E-state index in [0.29, 0.717) is 25.6 Å². The van der Waals surface area contributed by atoms with E-state index >= 15 is 0 Å². The molecule has 1 saturated heterocycles. The molecular formula is C11H18F4N2. The maximum Gasteiger partial charge on any atom is 0.319 e. The number of nitrogens with zero attached hydrogens (tertiary/aromatic N) is 1. The van der Waals surface area contributed by atoms with Crippen LogP contribution in [0.3, 0.4) is 0 Å². The van der Waals surface area contributed by atoms with Crippen LogP contribution in [0.25, 0.3) is 0 Å². The zero-order chi connectivity index (χ0) is 12.7. The summed E-state index contributed by atoms with van der Waals surface area (Å²) in [4.78, 5) is 1.46. The van der Waals surface area contributed by atoms with Gasteiger partial charge in [-0.15, -0.1) is 0 Å². The highest BCUT2D eigenvalue weighted by atomic mass is 19.3. The van der Waals surface area contributed by atoms with Gasteiger partial charge in [-0.05, 0) is 25.7 Å². The fourth-order valence-electron chi connectivity index (χ4n) is 2.60. The second-order valence-corrected chi connectivity index (χ2v) is 5.39. The second-order valence-electron chi connectivity index (χ2n) is 5.39. The summed E-state index contributed by atoms with van der Waals surface area (Å²) in [6.07, 6.45) is -1.38. The Morgan fingerprint density at radius 1 is 1.41 bits per heavy atom. The Kier molecular flexibility index (Phi) is 3.38. The highest BCUT2D eigenvalue weighted by Gasteiger charge is 2.47. The molecule has 0 bridgehead atoms. The molecule has 2 nitrogen and oxygen atoms in total. The van der Waals surface area contributed by atoms with E-state index in [-0.39, 0.29) is 5.54 Å². The van der Waals surface area contributed by atoms with Crippen molar-refractivity contribution in [1.29, 1.82) is 0 Å². The van der Waals surface area contributed by atoms with Crippen LogP contribution in [-0.2, 0) is 0 Å². The van der Waals surface area contributed by atoms with Gasteiger partial charge in [-0.3, -0.25) is 4.90 Å². The minimum Gasteiger partial charge on any atom is -0.309 e. The predicted octanol–water partition coefficient (Wildman–Crippen LogP) is 1.96. The lowest BCUT2D eigenvalue weighted by Crippen LogP contribution is -2.61. The number of nitrogens with one attached hydrogen (secondary N) is 1. The Balaban J connectivity index is 1.93. The van der Waals surface area contributed by atoms with Gasteiger partial charge >= 0.3 is 12.3 Å². The molecule has 0 aromatic rings. The van der Waals surface area contributed by atoms with Gasteiger partial charge in [-0.2, -0.15) is 8.78 Å². The fraction of sp³-hybridized carbons (Fsp3) is 1.00. The predicted molar refractivity (Wildman–Crippen MR) is 56.5 cm³/mol. The largest absolute Gasteiger partial charge is 0.319 e. The number of piperazine rings is 1. The summed E-state index contributed by atoms with van der Waals surface area (Å²) in [5, 5.41) is 3.33. The van der Waals surface area contributed by atoms with Crippen LogP contribution in [0.4, 0.5) is 17.6 Å². The molecule has 17 heavy (non-hydrogen) atoms. The molecule has 1 aliphatic heterocycles. The Morgan fingerprint density at radius 3 is 2.59 bits per heavy atom. The molecule has 0 radical (unpaired) electrons. The zero-order valence-electron chi connectivity index (χ0n) is 9.86. The molecule has 2 aliphatic rings. The van der Waals surface area contributed by atoms with Crippen molar-refractivity contribution < 1.29 is 17.6 Å². The van der Waals surface area contributed by atoms with Crippen LogP contribution in [0.5, 0.6) is 0 Å². The van der Waals surface area contributed by atoms with Crippen molar-refractivity contribution >= 4 is 0 Å². The highest BCUT2D eigenvalue weighted by Crippen LogP contribution is 2.41. The molecule has 6 heteroatoms. The second kappa shape index (κ2) is 4.39. The van der Waals surface area contributed by atoms with Crippen LogP contribution in [0, 0.1) is 5.92 Å². The zero-order valence-corrected chi connectivity index (χ0v) is 9.86. The molecule has 1 saturated carbocycles. The minimum absolute atomic E-state index is 0.184. The summed E-state index contributed by atoms with van der Waals surface area (Å²) in [5.74, 6) is -3.40. The average Bonchev–Trinajstić information content (AvgIpc) is 2.99. The van der Waals surface area contributed by atoms with Gasteiger partial charge in [0.1, 0.15) is 0 Å². The Labute approximate surface area is 98.3 Å². The van der Waals surface area contributed by atoms with Crippen molar-refractivity contribution in [3.8, 4) is 0 Å². The van der Waals surface area contributed by atoms with Gasteiger partial charge in [0.15, 0.2) is 0 Å². The number of hydrogen-bond donors (Lipinski definition) is 1. The van der Waals surface area contributed by atoms with E-state index < -0.39 is 18.9 Å². The Hall–Kier alpha value is -0.360. The van der Waals surface area contributed by atoms with E-state index in [9.17, 15) is 17.6 Å². The molecule has 1 N–H and O–H groups in total. The standard InChI is InChI=1S/C11H18F4N2/c1-10(8-2-3-8)6-17(5-4-16-10)7-11(14,15)9(12)13/h8-9,16H,2-7H2,1H3. The molecule has 100 valence electrons. The summed E-state index contributed by atoms with van der Waals surface area (Å²) in [6, 6.07) is 0. The minimum atomic E-state index is -3.90. The maximum atomic E-state index is 13.0. The SMILES string of the molecule is CC1(C2CC2)CN(CC(F)(F)C(F)F)CCN1. The van der Waals surface area contributed by atoms with Gasteiger partial charge in [0.2, 0.25) is 0 Å². The van der Waals surface area contributed by atoms with Crippen molar-refractivity contribution in [1.82, 2.24) is 10.2 Å². The van der Waals surface area contributed by atoms with Crippen LogP contribution in [0.2, 0.25) is 0 Å². The van der Waals surface area contributed by atoms with Crippen LogP contribution in [0.15, 0.2) is 0 Å². The molecule has 2 fully saturated rings. The molecule has 0 aromatic heterocycles. The summed E-state index contributed by atoms with van der Waals surface area (Å²) < 4.78 is 50.3. The van der Waals surface area contributed by atoms with Crippen molar-refractivity contribution in [3.05, 3.63) is 0 Å². The topological polar surface area (TPSA) is 15.3 Å². The van der Waals surface area contributed by atoms with Crippen molar-refractivity contribution in [2.45, 2.75) is 37.7 Å². The average molecular weight is 254 g/mol.